The van der Waals surface area contributed by atoms with Gasteiger partial charge in [-0.2, -0.15) is 5.10 Å². The third kappa shape index (κ3) is 4.33. The van der Waals surface area contributed by atoms with Gasteiger partial charge in [-0.1, -0.05) is 41.5 Å². The highest BCUT2D eigenvalue weighted by molar-refractivity contribution is 5.88. The molecule has 0 amide bonds. The smallest absolute Gasteiger partial charge is 0.150 e. The van der Waals surface area contributed by atoms with Gasteiger partial charge in [0.2, 0.25) is 0 Å². The van der Waals surface area contributed by atoms with Crippen molar-refractivity contribution in [2.24, 2.45) is 15.8 Å². The summed E-state index contributed by atoms with van der Waals surface area (Å²) in [6.45, 7) is 16.1. The average molecular weight is 235 g/mol. The molecule has 0 aliphatic heterocycles. The Morgan fingerprint density at radius 2 is 1.82 bits per heavy atom. The van der Waals surface area contributed by atoms with Crippen LogP contribution in [0.3, 0.4) is 0 Å². The molecule has 17 heavy (non-hydrogen) atoms. The monoisotopic (exact) mass is 235 g/mol. The highest BCUT2D eigenvalue weighted by Gasteiger charge is 2.17. The van der Waals surface area contributed by atoms with E-state index in [2.05, 4.69) is 53.6 Å². The first-order chi connectivity index (χ1) is 7.59. The van der Waals surface area contributed by atoms with Crippen LogP contribution in [0, 0.1) is 10.8 Å². The zero-order chi connectivity index (χ0) is 13.3. The second kappa shape index (κ2) is 4.63. The zero-order valence-electron chi connectivity index (χ0n) is 12.2. The lowest BCUT2D eigenvalue weighted by atomic mass is 9.91. The number of rotatable bonds is 2. The van der Waals surface area contributed by atoms with E-state index in [-0.39, 0.29) is 10.8 Å². The maximum atomic E-state index is 4.69. The molecule has 1 aromatic heterocycles. The second-order valence-electron chi connectivity index (χ2n) is 6.85. The summed E-state index contributed by atoms with van der Waals surface area (Å²) in [5, 5.41) is 4.35. The van der Waals surface area contributed by atoms with Gasteiger partial charge >= 0.3 is 0 Å². The Morgan fingerprint density at radius 1 is 1.24 bits per heavy atom. The Kier molecular flexibility index (Phi) is 3.80. The van der Waals surface area contributed by atoms with E-state index in [0.29, 0.717) is 0 Å². The minimum Gasteiger partial charge on any atom is -0.247 e. The molecular weight excluding hydrogens is 210 g/mol. The van der Waals surface area contributed by atoms with E-state index in [1.165, 1.54) is 0 Å². The molecule has 3 heteroatoms. The van der Waals surface area contributed by atoms with E-state index in [0.717, 1.165) is 18.1 Å². The molecule has 0 spiro atoms. The van der Waals surface area contributed by atoms with E-state index >= 15 is 0 Å². The fourth-order valence-electron chi connectivity index (χ4n) is 1.33. The molecule has 0 N–H and O–H groups in total. The first-order valence-electron chi connectivity index (χ1n) is 6.17. The molecule has 1 heterocycles. The fraction of sp³-hybridized carbons (Fsp3) is 0.714. The number of hydrogen-bond donors (Lipinski definition) is 0. The average Bonchev–Trinajstić information content (AvgIpc) is 2.48. The van der Waals surface area contributed by atoms with E-state index in [4.69, 9.17) is 4.99 Å². The van der Waals surface area contributed by atoms with Crippen LogP contribution in [0.25, 0.3) is 0 Å². The summed E-state index contributed by atoms with van der Waals surface area (Å²) in [6, 6.07) is 1.97. The van der Waals surface area contributed by atoms with Gasteiger partial charge in [0.1, 0.15) is 5.82 Å². The zero-order valence-corrected chi connectivity index (χ0v) is 12.2. The predicted molar refractivity (Wildman–Crippen MR) is 73.9 cm³/mol. The van der Waals surface area contributed by atoms with E-state index < -0.39 is 0 Å². The van der Waals surface area contributed by atoms with Crippen LogP contribution in [0.2, 0.25) is 0 Å². The van der Waals surface area contributed by atoms with E-state index in [1.807, 2.05) is 16.9 Å². The molecule has 0 saturated heterocycles. The van der Waals surface area contributed by atoms with Crippen LogP contribution in [0.4, 0.5) is 5.82 Å². The second-order valence-corrected chi connectivity index (χ2v) is 6.85. The minimum atomic E-state index is 0.108. The van der Waals surface area contributed by atoms with Crippen molar-refractivity contribution in [3.05, 3.63) is 12.3 Å². The van der Waals surface area contributed by atoms with Gasteiger partial charge in [-0.05, 0) is 12.3 Å². The highest BCUT2D eigenvalue weighted by Crippen LogP contribution is 2.23. The van der Waals surface area contributed by atoms with Crippen molar-refractivity contribution in [3.8, 4) is 0 Å². The number of aromatic nitrogens is 2. The van der Waals surface area contributed by atoms with Crippen molar-refractivity contribution in [1.29, 1.82) is 0 Å². The van der Waals surface area contributed by atoms with Crippen molar-refractivity contribution in [3.63, 3.8) is 0 Å². The minimum absolute atomic E-state index is 0.108. The van der Waals surface area contributed by atoms with Gasteiger partial charge < -0.3 is 0 Å². The molecule has 0 unspecified atom stereocenters. The molecule has 0 fully saturated rings. The van der Waals surface area contributed by atoms with Crippen LogP contribution in [-0.2, 0) is 6.54 Å². The number of aliphatic imine (C=N–C) groups is 1. The summed E-state index contributed by atoms with van der Waals surface area (Å²) in [6.07, 6.45) is 1.82. The van der Waals surface area contributed by atoms with Crippen LogP contribution >= 0.6 is 0 Å². The van der Waals surface area contributed by atoms with Crippen LogP contribution < -0.4 is 0 Å². The molecule has 0 aliphatic carbocycles. The Hall–Kier alpha value is -1.12. The standard InChI is InChI=1S/C14H25N3/c1-11(14(5,6)7)16-12-8-9-15-17(12)10-13(2,3)4/h8-9H,10H2,1-7H3. The third-order valence-electron chi connectivity index (χ3n) is 2.69. The lowest BCUT2D eigenvalue weighted by Crippen LogP contribution is -2.18. The van der Waals surface area contributed by atoms with Gasteiger partial charge in [0.15, 0.2) is 0 Å². The van der Waals surface area contributed by atoms with Crippen LogP contribution in [0.1, 0.15) is 48.5 Å². The molecule has 3 nitrogen and oxygen atoms in total. The first kappa shape index (κ1) is 13.9. The molecule has 1 rings (SSSR count). The van der Waals surface area contributed by atoms with Crippen molar-refractivity contribution in [1.82, 2.24) is 9.78 Å². The Balaban J connectivity index is 2.98. The number of nitrogens with zero attached hydrogens (tertiary/aromatic N) is 3. The van der Waals surface area contributed by atoms with Gasteiger partial charge in [0.25, 0.3) is 0 Å². The summed E-state index contributed by atoms with van der Waals surface area (Å²) in [4.78, 5) is 4.69. The van der Waals surface area contributed by atoms with Gasteiger partial charge in [-0.3, -0.25) is 0 Å². The van der Waals surface area contributed by atoms with Crippen LogP contribution in [0.5, 0.6) is 0 Å². The quantitative estimate of drug-likeness (QED) is 0.711. The Bertz CT molecular complexity index is 400. The van der Waals surface area contributed by atoms with Crippen molar-refractivity contribution < 1.29 is 0 Å². The molecule has 0 aliphatic rings. The van der Waals surface area contributed by atoms with E-state index in [1.54, 1.807) is 0 Å². The highest BCUT2D eigenvalue weighted by atomic mass is 15.3. The third-order valence-corrected chi connectivity index (χ3v) is 2.69. The molecule has 1 aromatic rings. The van der Waals surface area contributed by atoms with Crippen molar-refractivity contribution in [2.45, 2.75) is 55.0 Å². The maximum Gasteiger partial charge on any atom is 0.150 e. The van der Waals surface area contributed by atoms with Gasteiger partial charge in [0.05, 0.1) is 6.20 Å². The largest absolute Gasteiger partial charge is 0.247 e. The fourth-order valence-corrected chi connectivity index (χ4v) is 1.33. The van der Waals surface area contributed by atoms with Gasteiger partial charge in [-0.25, -0.2) is 9.67 Å². The lowest BCUT2D eigenvalue weighted by molar-refractivity contribution is 0.327. The van der Waals surface area contributed by atoms with Crippen molar-refractivity contribution in [2.75, 3.05) is 0 Å². The Labute approximate surface area is 105 Å². The molecular formula is C14H25N3. The summed E-state index contributed by atoms with van der Waals surface area (Å²) in [7, 11) is 0. The molecule has 0 radical (unpaired) electrons. The lowest BCUT2D eigenvalue weighted by Gasteiger charge is -2.20. The molecule has 0 atom stereocenters. The van der Waals surface area contributed by atoms with Crippen LogP contribution in [-0.4, -0.2) is 15.5 Å². The van der Waals surface area contributed by atoms with E-state index in [9.17, 15) is 0 Å². The van der Waals surface area contributed by atoms with Crippen molar-refractivity contribution >= 4 is 11.5 Å². The maximum absolute atomic E-state index is 4.69. The summed E-state index contributed by atoms with van der Waals surface area (Å²) < 4.78 is 1.98. The predicted octanol–water partition coefficient (Wildman–Crippen LogP) is 4.07. The summed E-state index contributed by atoms with van der Waals surface area (Å²) in [5.41, 5.74) is 1.45. The molecule has 0 bridgehead atoms. The summed E-state index contributed by atoms with van der Waals surface area (Å²) in [5.74, 6) is 0.951. The van der Waals surface area contributed by atoms with Gasteiger partial charge in [-0.15, -0.1) is 0 Å². The Morgan fingerprint density at radius 3 is 2.29 bits per heavy atom. The van der Waals surface area contributed by atoms with Crippen LogP contribution in [0.15, 0.2) is 17.3 Å². The molecule has 96 valence electrons. The SMILES string of the molecule is CC(=Nc1ccnn1CC(C)(C)C)C(C)(C)C. The topological polar surface area (TPSA) is 30.2 Å². The van der Waals surface area contributed by atoms with Gasteiger partial charge in [0, 0.05) is 23.7 Å². The number of hydrogen-bond acceptors (Lipinski definition) is 2. The molecule has 0 aromatic carbocycles. The normalized spacial score (nSPS) is 14.2. The summed E-state index contributed by atoms with van der Waals surface area (Å²) >= 11 is 0. The molecule has 0 saturated carbocycles. The first-order valence-corrected chi connectivity index (χ1v) is 6.17.